The van der Waals surface area contributed by atoms with E-state index in [4.69, 9.17) is 11.6 Å². The molecule has 1 aromatic carbocycles. The van der Waals surface area contributed by atoms with Gasteiger partial charge in [0.1, 0.15) is 6.10 Å². The smallest absolute Gasteiger partial charge is 0.294 e. The van der Waals surface area contributed by atoms with E-state index >= 15 is 0 Å². The molecule has 0 aliphatic carbocycles. The highest BCUT2D eigenvalue weighted by Crippen LogP contribution is 2.27. The minimum Gasteiger partial charge on any atom is -0.384 e. The molecule has 1 aromatic rings. The Morgan fingerprint density at radius 1 is 1.38 bits per heavy atom. The number of carbonyl (C=O) groups is 2. The predicted octanol–water partition coefficient (Wildman–Crippen LogP) is 2.16. The first-order valence-electron chi connectivity index (χ1n) is 6.01. The van der Waals surface area contributed by atoms with Crippen molar-refractivity contribution < 1.29 is 19.6 Å². The predicted molar refractivity (Wildman–Crippen MR) is 77.2 cm³/mol. The van der Waals surface area contributed by atoms with Gasteiger partial charge in [0.05, 0.1) is 15.6 Å². The summed E-state index contributed by atoms with van der Waals surface area (Å²) in [7, 11) is 0. The Balaban J connectivity index is 2.96. The van der Waals surface area contributed by atoms with E-state index in [0.29, 0.717) is 0 Å². The molecule has 0 radical (unpaired) electrons. The maximum atomic E-state index is 11.8. The topological polar surface area (TPSA) is 110 Å². The minimum absolute atomic E-state index is 0.0481. The summed E-state index contributed by atoms with van der Waals surface area (Å²) < 4.78 is 0. The van der Waals surface area contributed by atoms with Crippen LogP contribution in [0.1, 0.15) is 20.8 Å². The van der Waals surface area contributed by atoms with Crippen LogP contribution in [0.25, 0.3) is 0 Å². The molecule has 0 aromatic heterocycles. The average Bonchev–Trinajstić information content (AvgIpc) is 2.38. The molecule has 1 rings (SSSR count). The number of nitrogens with zero attached hydrogens (tertiary/aromatic N) is 1. The number of nitrogens with one attached hydrogen (secondary N) is 1. The minimum atomic E-state index is -1.49. The van der Waals surface area contributed by atoms with Gasteiger partial charge in [0.25, 0.3) is 11.6 Å². The number of nitro groups is 1. The maximum absolute atomic E-state index is 11.8. The van der Waals surface area contributed by atoms with Crippen LogP contribution in [0.2, 0.25) is 5.02 Å². The molecule has 0 fully saturated rings. The number of amides is 1. The Kier molecular flexibility index (Phi) is 5.03. The molecule has 114 valence electrons. The first-order valence-corrected chi connectivity index (χ1v) is 6.39. The molecule has 1 atom stereocenters. The van der Waals surface area contributed by atoms with Crippen molar-refractivity contribution in [3.8, 4) is 0 Å². The summed E-state index contributed by atoms with van der Waals surface area (Å²) in [5.41, 5.74) is -1.15. The number of non-ortho nitro benzene ring substituents is 1. The second-order valence-corrected chi connectivity index (χ2v) is 5.92. The number of ketones is 1. The van der Waals surface area contributed by atoms with Gasteiger partial charge in [0, 0.05) is 12.1 Å². The van der Waals surface area contributed by atoms with E-state index in [9.17, 15) is 24.8 Å². The Morgan fingerprint density at radius 3 is 2.43 bits per heavy atom. The number of anilines is 1. The highest BCUT2D eigenvalue weighted by Gasteiger charge is 2.33. The molecule has 0 aliphatic heterocycles. The van der Waals surface area contributed by atoms with Crippen molar-refractivity contribution in [1.82, 2.24) is 0 Å². The van der Waals surface area contributed by atoms with Crippen LogP contribution in [0.3, 0.4) is 0 Å². The van der Waals surface area contributed by atoms with Gasteiger partial charge in [-0.15, -0.1) is 0 Å². The van der Waals surface area contributed by atoms with Crippen LogP contribution in [0.15, 0.2) is 18.2 Å². The quantitative estimate of drug-likeness (QED) is 0.503. The Bertz CT molecular complexity index is 595. The van der Waals surface area contributed by atoms with E-state index < -0.39 is 28.1 Å². The Labute approximate surface area is 126 Å². The molecule has 7 nitrogen and oxygen atoms in total. The van der Waals surface area contributed by atoms with Crippen molar-refractivity contribution in [1.29, 1.82) is 0 Å². The summed E-state index contributed by atoms with van der Waals surface area (Å²) in [6.45, 7) is 4.80. The molecule has 21 heavy (non-hydrogen) atoms. The molecule has 0 saturated heterocycles. The molecular weight excluding hydrogens is 300 g/mol. The molecule has 0 spiro atoms. The van der Waals surface area contributed by atoms with E-state index in [-0.39, 0.29) is 16.4 Å². The number of aliphatic hydroxyl groups excluding tert-OH is 1. The number of Topliss-reactive ketones (excluding diaryl/α,β-unsaturated/α-hetero) is 1. The number of rotatable bonds is 4. The zero-order valence-corrected chi connectivity index (χ0v) is 12.5. The van der Waals surface area contributed by atoms with Crippen LogP contribution in [0, 0.1) is 15.5 Å². The van der Waals surface area contributed by atoms with Gasteiger partial charge < -0.3 is 10.4 Å². The van der Waals surface area contributed by atoms with Gasteiger partial charge in [-0.05, 0) is 11.5 Å². The highest BCUT2D eigenvalue weighted by atomic mass is 35.5. The molecule has 0 aliphatic rings. The van der Waals surface area contributed by atoms with Gasteiger partial charge in [-0.1, -0.05) is 32.4 Å². The Morgan fingerprint density at radius 2 is 1.95 bits per heavy atom. The number of hydrogen-bond donors (Lipinski definition) is 2. The molecule has 2 N–H and O–H groups in total. The van der Waals surface area contributed by atoms with Crippen LogP contribution in [0.4, 0.5) is 11.4 Å². The Hall–Kier alpha value is -1.99. The van der Waals surface area contributed by atoms with Gasteiger partial charge in [-0.25, -0.2) is 0 Å². The first-order chi connectivity index (χ1) is 9.54. The second-order valence-electron chi connectivity index (χ2n) is 5.51. The SMILES string of the molecule is CC(C)(C)C(O)C(=O)C(=O)Nc1cc([N+](=O)[O-])ccc1Cl. The van der Waals surface area contributed by atoms with E-state index in [0.717, 1.165) is 6.07 Å². The normalized spacial score (nSPS) is 12.6. The summed E-state index contributed by atoms with van der Waals surface area (Å²) in [4.78, 5) is 33.6. The lowest BCUT2D eigenvalue weighted by molar-refractivity contribution is -0.384. The summed E-state index contributed by atoms with van der Waals surface area (Å²) in [5, 5.41) is 22.7. The largest absolute Gasteiger partial charge is 0.384 e. The summed E-state index contributed by atoms with van der Waals surface area (Å²) >= 11 is 5.81. The van der Waals surface area contributed by atoms with Crippen molar-refractivity contribution in [2.24, 2.45) is 5.41 Å². The van der Waals surface area contributed by atoms with E-state index in [1.54, 1.807) is 20.8 Å². The highest BCUT2D eigenvalue weighted by molar-refractivity contribution is 6.43. The van der Waals surface area contributed by atoms with Crippen molar-refractivity contribution in [2.45, 2.75) is 26.9 Å². The second kappa shape index (κ2) is 6.19. The zero-order valence-electron chi connectivity index (χ0n) is 11.7. The third-order valence-electron chi connectivity index (χ3n) is 2.70. The molecule has 1 amide bonds. The zero-order chi connectivity index (χ0) is 16.4. The lowest BCUT2D eigenvalue weighted by Gasteiger charge is -2.23. The monoisotopic (exact) mass is 314 g/mol. The van der Waals surface area contributed by atoms with Gasteiger partial charge in [-0.2, -0.15) is 0 Å². The lowest BCUT2D eigenvalue weighted by Crippen LogP contribution is -2.41. The van der Waals surface area contributed by atoms with Gasteiger partial charge in [0.2, 0.25) is 5.78 Å². The summed E-state index contributed by atoms with van der Waals surface area (Å²) in [6.07, 6.45) is -1.49. The molecule has 8 heteroatoms. The van der Waals surface area contributed by atoms with Crippen LogP contribution >= 0.6 is 11.6 Å². The fraction of sp³-hybridized carbons (Fsp3) is 0.385. The van der Waals surface area contributed by atoms with Gasteiger partial charge in [0.15, 0.2) is 0 Å². The van der Waals surface area contributed by atoms with Crippen molar-refractivity contribution in [3.05, 3.63) is 33.3 Å². The molecular formula is C13H15ClN2O5. The molecule has 1 unspecified atom stereocenters. The average molecular weight is 315 g/mol. The number of benzene rings is 1. The number of halogens is 1. The van der Waals surface area contributed by atoms with Crippen molar-refractivity contribution in [3.63, 3.8) is 0 Å². The standard InChI is InChI=1S/C13H15ClN2O5/c1-13(2,3)11(18)10(17)12(19)15-9-6-7(16(20)21)4-5-8(9)14/h4-6,11,18H,1-3H3,(H,15,19). The lowest BCUT2D eigenvalue weighted by atomic mass is 9.86. The van der Waals surface area contributed by atoms with E-state index in [1.807, 2.05) is 0 Å². The fourth-order valence-electron chi connectivity index (χ4n) is 1.42. The summed E-state index contributed by atoms with van der Waals surface area (Å²) in [5.74, 6) is -2.12. The number of aliphatic hydroxyl groups is 1. The summed E-state index contributed by atoms with van der Waals surface area (Å²) in [6, 6.07) is 3.45. The molecule has 0 bridgehead atoms. The molecule has 0 saturated carbocycles. The van der Waals surface area contributed by atoms with Crippen LogP contribution in [-0.4, -0.2) is 27.8 Å². The third-order valence-corrected chi connectivity index (χ3v) is 3.03. The van der Waals surface area contributed by atoms with Gasteiger partial charge >= 0.3 is 0 Å². The third kappa shape index (κ3) is 4.24. The van der Waals surface area contributed by atoms with Crippen molar-refractivity contribution >= 4 is 34.7 Å². The van der Waals surface area contributed by atoms with Crippen LogP contribution < -0.4 is 5.32 Å². The van der Waals surface area contributed by atoms with Crippen molar-refractivity contribution in [2.75, 3.05) is 5.32 Å². The van der Waals surface area contributed by atoms with Gasteiger partial charge in [-0.3, -0.25) is 19.7 Å². The number of nitro benzene ring substituents is 1. The first kappa shape index (κ1) is 17.1. The van der Waals surface area contributed by atoms with Crippen LogP contribution in [0.5, 0.6) is 0 Å². The fourth-order valence-corrected chi connectivity index (χ4v) is 1.59. The molecule has 0 heterocycles. The number of carbonyl (C=O) groups excluding carboxylic acids is 2. The van der Waals surface area contributed by atoms with E-state index in [2.05, 4.69) is 5.32 Å². The maximum Gasteiger partial charge on any atom is 0.294 e. The van der Waals surface area contributed by atoms with Crippen LogP contribution in [-0.2, 0) is 9.59 Å². The number of hydrogen-bond acceptors (Lipinski definition) is 5. The van der Waals surface area contributed by atoms with E-state index in [1.165, 1.54) is 12.1 Å².